The van der Waals surface area contributed by atoms with Crippen molar-refractivity contribution >= 4 is 21.8 Å². The zero-order valence-electron chi connectivity index (χ0n) is 22.4. The fourth-order valence-electron chi connectivity index (χ4n) is 5.88. The lowest BCUT2D eigenvalue weighted by molar-refractivity contribution is 0.00172. The van der Waals surface area contributed by atoms with Crippen LogP contribution in [-0.4, -0.2) is 26.8 Å². The van der Waals surface area contributed by atoms with E-state index in [4.69, 9.17) is 0 Å². The molecule has 0 spiro atoms. The molecule has 2 unspecified atom stereocenters. The van der Waals surface area contributed by atoms with Crippen molar-refractivity contribution in [1.29, 1.82) is 5.26 Å². The molecule has 5 heteroatoms. The molecule has 1 aliphatic heterocycles. The predicted molar refractivity (Wildman–Crippen MR) is 160 cm³/mol. The summed E-state index contributed by atoms with van der Waals surface area (Å²) >= 11 is 0. The quantitative estimate of drug-likeness (QED) is 0.206. The second kappa shape index (κ2) is 10.1. The summed E-state index contributed by atoms with van der Waals surface area (Å²) in [5.74, 6) is 0. The van der Waals surface area contributed by atoms with E-state index in [0.717, 1.165) is 17.8 Å². The summed E-state index contributed by atoms with van der Waals surface area (Å²) in [6, 6.07) is 46.9. The largest absolute Gasteiger partial charge is 0.309 e. The average Bonchev–Trinajstić information content (AvgIpc) is 3.57. The fourth-order valence-corrected chi connectivity index (χ4v) is 5.88. The number of aromatic nitrogens is 1. The van der Waals surface area contributed by atoms with Crippen LogP contribution in [0.1, 0.15) is 28.4 Å². The second-order valence-electron chi connectivity index (χ2n) is 10.3. The van der Waals surface area contributed by atoms with Crippen LogP contribution in [0.15, 0.2) is 127 Å². The van der Waals surface area contributed by atoms with Crippen LogP contribution in [0.5, 0.6) is 0 Å². The van der Waals surface area contributed by atoms with Gasteiger partial charge < -0.3 is 4.57 Å². The van der Waals surface area contributed by atoms with Crippen LogP contribution in [0.25, 0.3) is 27.5 Å². The summed E-state index contributed by atoms with van der Waals surface area (Å²) in [6.45, 7) is 1.45. The van der Waals surface area contributed by atoms with Gasteiger partial charge in [0, 0.05) is 36.6 Å². The number of nitrogens with zero attached hydrogens (tertiary/aromatic N) is 5. The number of hydrogen-bond acceptors (Lipinski definition) is 4. The van der Waals surface area contributed by atoms with Crippen LogP contribution < -0.4 is 0 Å². The molecule has 0 bridgehead atoms. The van der Waals surface area contributed by atoms with Crippen LogP contribution in [0.4, 0.5) is 0 Å². The minimum Gasteiger partial charge on any atom is -0.309 e. The third-order valence-corrected chi connectivity index (χ3v) is 7.79. The van der Waals surface area contributed by atoms with Crippen molar-refractivity contribution in [3.05, 3.63) is 150 Å². The van der Waals surface area contributed by atoms with Gasteiger partial charge in [0.2, 0.25) is 0 Å². The van der Waals surface area contributed by atoms with E-state index in [1.165, 1.54) is 32.9 Å². The fraction of sp³-hybridized carbons (Fsp3) is 0.114. The highest BCUT2D eigenvalue weighted by atomic mass is 16.0. The van der Waals surface area contributed by atoms with Gasteiger partial charge in [-0.25, -0.2) is 10.0 Å². The molecule has 3 atom stereocenters. The van der Waals surface area contributed by atoms with E-state index in [1.807, 2.05) is 18.2 Å². The first-order valence-electron chi connectivity index (χ1n) is 13.6. The van der Waals surface area contributed by atoms with Crippen molar-refractivity contribution in [3.63, 3.8) is 0 Å². The number of rotatable bonds is 7. The summed E-state index contributed by atoms with van der Waals surface area (Å²) in [5, 5.41) is 18.9. The number of hydrogen-bond donors (Lipinski definition) is 0. The molecular weight excluding hydrogens is 490 g/mol. The number of para-hydroxylation sites is 2. The summed E-state index contributed by atoms with van der Waals surface area (Å²) in [6.07, 6.45) is 0.192. The topological polar surface area (TPSA) is 38.0 Å². The minimum atomic E-state index is 0.192. The molecule has 5 aromatic carbocycles. The lowest BCUT2D eigenvalue weighted by Crippen LogP contribution is -2.31. The maximum Gasteiger partial charge on any atom is 0.131 e. The number of fused-ring (bicyclic) bond motifs is 3. The molecule has 0 N–H and O–H groups in total. The maximum absolute atomic E-state index is 9.44. The smallest absolute Gasteiger partial charge is 0.131 e. The maximum atomic E-state index is 9.44. The Bertz CT molecular complexity index is 1800. The summed E-state index contributed by atoms with van der Waals surface area (Å²) < 4.78 is 2.35. The van der Waals surface area contributed by atoms with Crippen molar-refractivity contribution in [2.24, 2.45) is 0 Å². The van der Waals surface area contributed by atoms with Crippen molar-refractivity contribution in [3.8, 4) is 11.8 Å². The Morgan fingerprint density at radius 1 is 0.675 bits per heavy atom. The number of hydrazine groups is 2. The molecule has 1 aromatic heterocycles. The first-order valence-corrected chi connectivity index (χ1v) is 13.6. The highest BCUT2D eigenvalue weighted by Gasteiger charge is 2.47. The molecule has 1 fully saturated rings. The van der Waals surface area contributed by atoms with E-state index >= 15 is 0 Å². The van der Waals surface area contributed by atoms with Gasteiger partial charge in [0.15, 0.2) is 0 Å². The number of benzene rings is 5. The van der Waals surface area contributed by atoms with E-state index in [9.17, 15) is 5.26 Å². The van der Waals surface area contributed by atoms with Crippen LogP contribution in [0.2, 0.25) is 0 Å². The van der Waals surface area contributed by atoms with Gasteiger partial charge in [-0.3, -0.25) is 0 Å². The molecule has 6 aromatic rings. The molecular formula is C35H29N5. The zero-order valence-corrected chi connectivity index (χ0v) is 22.4. The summed E-state index contributed by atoms with van der Waals surface area (Å²) in [4.78, 5) is 0. The lowest BCUT2D eigenvalue weighted by atomic mass is 10.1. The molecule has 2 heterocycles. The van der Waals surface area contributed by atoms with Gasteiger partial charge in [-0.05, 0) is 53.1 Å². The number of nitriles is 1. The molecule has 0 saturated carbocycles. The highest BCUT2D eigenvalue weighted by molar-refractivity contribution is 6.09. The molecule has 0 radical (unpaired) electrons. The third-order valence-electron chi connectivity index (χ3n) is 7.79. The van der Waals surface area contributed by atoms with Crippen LogP contribution in [0.3, 0.4) is 0 Å². The molecule has 0 aliphatic carbocycles. The lowest BCUT2D eigenvalue weighted by Gasteiger charge is -2.24. The van der Waals surface area contributed by atoms with Crippen molar-refractivity contribution in [2.45, 2.75) is 19.3 Å². The minimum absolute atomic E-state index is 0.192. The van der Waals surface area contributed by atoms with E-state index in [0.29, 0.717) is 12.1 Å². The average molecular weight is 520 g/mol. The normalized spacial score (nSPS) is 18.3. The van der Waals surface area contributed by atoms with Crippen LogP contribution >= 0.6 is 0 Å². The molecule has 0 amide bonds. The highest BCUT2D eigenvalue weighted by Crippen LogP contribution is 2.42. The Morgan fingerprint density at radius 3 is 1.98 bits per heavy atom. The first kappa shape index (κ1) is 24.3. The van der Waals surface area contributed by atoms with Gasteiger partial charge in [0.25, 0.3) is 0 Å². The van der Waals surface area contributed by atoms with Gasteiger partial charge in [-0.2, -0.15) is 5.26 Å². The third kappa shape index (κ3) is 4.35. The molecule has 40 heavy (non-hydrogen) atoms. The molecule has 1 saturated heterocycles. The molecule has 5 nitrogen and oxygen atoms in total. The first-order chi connectivity index (χ1) is 19.7. The molecule has 1 aliphatic rings. The van der Waals surface area contributed by atoms with Crippen molar-refractivity contribution < 1.29 is 0 Å². The van der Waals surface area contributed by atoms with E-state index in [2.05, 4.69) is 142 Å². The monoisotopic (exact) mass is 519 g/mol. The van der Waals surface area contributed by atoms with E-state index in [-0.39, 0.29) is 6.17 Å². The van der Waals surface area contributed by atoms with E-state index in [1.54, 1.807) is 0 Å². The zero-order chi connectivity index (χ0) is 27.1. The van der Waals surface area contributed by atoms with Gasteiger partial charge >= 0.3 is 0 Å². The summed E-state index contributed by atoms with van der Waals surface area (Å²) in [5.41, 5.74) is 7.88. The molecule has 7 rings (SSSR count). The van der Waals surface area contributed by atoms with Crippen LogP contribution in [0, 0.1) is 11.3 Å². The predicted octanol–water partition coefficient (Wildman–Crippen LogP) is 7.43. The van der Waals surface area contributed by atoms with Gasteiger partial charge in [0.1, 0.15) is 6.17 Å². The molecule has 194 valence electrons. The van der Waals surface area contributed by atoms with Gasteiger partial charge in [-0.1, -0.05) is 91.0 Å². The van der Waals surface area contributed by atoms with Crippen LogP contribution in [-0.2, 0) is 13.1 Å². The standard InChI is InChI=1S/C35H29N5/c1-37-35(29-12-3-2-4-13-29)40(37)38(25-28-11-9-10-27(22-28)23-36)24-26-18-20-30(21-19-26)39-33-16-7-5-14-31(33)32-15-6-8-17-34(32)39/h2-22,35H,24-25H2,1H3/t35?,37?,40-/m1/s1. The van der Waals surface area contributed by atoms with Crippen molar-refractivity contribution in [1.82, 2.24) is 19.7 Å². The Labute approximate surface area is 234 Å². The Hall–Kier alpha value is -4.73. The Kier molecular flexibility index (Phi) is 6.14. The summed E-state index contributed by atoms with van der Waals surface area (Å²) in [7, 11) is 2.13. The Balaban J connectivity index is 1.21. The van der Waals surface area contributed by atoms with Crippen molar-refractivity contribution in [2.75, 3.05) is 7.05 Å². The van der Waals surface area contributed by atoms with Gasteiger partial charge in [-0.15, -0.1) is 5.12 Å². The van der Waals surface area contributed by atoms with E-state index < -0.39 is 0 Å². The SMILES string of the molecule is CN1C(c2ccccc2)[N@@]1N(Cc1ccc(-n2c3ccccc3c3ccccc32)cc1)Cc1cccc(C#N)c1. The second-order valence-corrected chi connectivity index (χ2v) is 10.3. The van der Waals surface area contributed by atoms with Gasteiger partial charge in [0.05, 0.1) is 22.7 Å². The Morgan fingerprint density at radius 2 is 1.30 bits per heavy atom.